The lowest BCUT2D eigenvalue weighted by atomic mass is 9.95. The number of carbonyl (C=O) groups is 1. The van der Waals surface area contributed by atoms with Crippen LogP contribution in [0.4, 0.5) is 0 Å². The van der Waals surface area contributed by atoms with Gasteiger partial charge in [-0.05, 0) is 31.9 Å². The third-order valence-electron chi connectivity index (χ3n) is 3.70. The number of hydrogen-bond donors (Lipinski definition) is 0. The van der Waals surface area contributed by atoms with Crippen LogP contribution in [0, 0.1) is 20.8 Å². The molecule has 1 heterocycles. The van der Waals surface area contributed by atoms with E-state index in [1.165, 1.54) is 11.8 Å². The Morgan fingerprint density at radius 1 is 1.17 bits per heavy atom. The minimum Gasteiger partial charge on any atom is -0.456 e. The average Bonchev–Trinajstić information content (AvgIpc) is 2.84. The van der Waals surface area contributed by atoms with Crippen molar-refractivity contribution in [3.8, 4) is 11.3 Å². The molecule has 0 fully saturated rings. The first-order valence-electron chi connectivity index (χ1n) is 7.69. The number of quaternary nitrogens is 1. The minimum absolute atomic E-state index is 0.360. The van der Waals surface area contributed by atoms with Crippen LogP contribution in [0.3, 0.4) is 0 Å². The fourth-order valence-electron chi connectivity index (χ4n) is 2.61. The fraction of sp³-hybridized carbons (Fsp3) is 0.444. The maximum absolute atomic E-state index is 12.3. The first-order valence-corrected chi connectivity index (χ1v) is 7.69. The Morgan fingerprint density at radius 2 is 1.78 bits per heavy atom. The normalized spacial score (nSPS) is 11.6. The third-order valence-corrected chi connectivity index (χ3v) is 3.70. The van der Waals surface area contributed by atoms with Gasteiger partial charge in [0.25, 0.3) is 0 Å². The predicted molar refractivity (Wildman–Crippen MR) is 89.3 cm³/mol. The summed E-state index contributed by atoms with van der Waals surface area (Å²) in [6, 6.07) is 4.15. The molecule has 0 radical (unpaired) electrons. The zero-order valence-electron chi connectivity index (χ0n) is 14.8. The second-order valence-corrected chi connectivity index (χ2v) is 7.00. The molecular formula is C18H25N2O3+. The number of aryl methyl sites for hydroxylation is 3. The van der Waals surface area contributed by atoms with Gasteiger partial charge in [-0.25, -0.2) is 4.79 Å². The maximum Gasteiger partial charge on any atom is 0.343 e. The fourth-order valence-corrected chi connectivity index (χ4v) is 2.61. The van der Waals surface area contributed by atoms with E-state index in [9.17, 15) is 4.79 Å². The average molecular weight is 317 g/mol. The predicted octanol–water partition coefficient (Wildman–Crippen LogP) is 3.13. The molecule has 1 aromatic heterocycles. The summed E-state index contributed by atoms with van der Waals surface area (Å²) in [5.74, 6) is -0.394. The van der Waals surface area contributed by atoms with Gasteiger partial charge in [0, 0.05) is 5.56 Å². The summed E-state index contributed by atoms with van der Waals surface area (Å²) < 4.78 is 11.2. The van der Waals surface area contributed by atoms with Crippen molar-refractivity contribution in [2.75, 3.05) is 34.3 Å². The lowest BCUT2D eigenvalue weighted by Crippen LogP contribution is -2.38. The quantitative estimate of drug-likeness (QED) is 0.628. The summed E-state index contributed by atoms with van der Waals surface area (Å²) in [6.45, 7) is 7.17. The molecule has 0 saturated carbocycles. The summed E-state index contributed by atoms with van der Waals surface area (Å²) in [5, 5.41) is 4.04. The Hall–Kier alpha value is -2.14. The molecule has 1 aromatic carbocycles. The van der Waals surface area contributed by atoms with E-state index in [-0.39, 0.29) is 0 Å². The van der Waals surface area contributed by atoms with E-state index >= 15 is 0 Å². The minimum atomic E-state index is -0.394. The molecule has 0 bridgehead atoms. The van der Waals surface area contributed by atoms with Gasteiger partial charge < -0.3 is 13.7 Å². The van der Waals surface area contributed by atoms with E-state index in [0.717, 1.165) is 27.7 Å². The molecule has 0 N–H and O–H groups in total. The second kappa shape index (κ2) is 6.54. The largest absolute Gasteiger partial charge is 0.456 e. The van der Waals surface area contributed by atoms with Crippen LogP contribution in [0.25, 0.3) is 11.3 Å². The van der Waals surface area contributed by atoms with E-state index in [0.29, 0.717) is 17.9 Å². The molecule has 0 spiro atoms. The Labute approximate surface area is 137 Å². The summed E-state index contributed by atoms with van der Waals surface area (Å²) in [4.78, 5) is 12.3. The van der Waals surface area contributed by atoms with Crippen LogP contribution in [0.15, 0.2) is 22.9 Å². The molecule has 0 saturated heterocycles. The molecule has 0 aliphatic rings. The summed E-state index contributed by atoms with van der Waals surface area (Å²) in [6.07, 6.45) is 1.36. The van der Waals surface area contributed by atoms with Crippen molar-refractivity contribution in [1.82, 2.24) is 5.16 Å². The maximum atomic E-state index is 12.3. The van der Waals surface area contributed by atoms with E-state index in [1.807, 2.05) is 20.8 Å². The standard InChI is InChI=1S/C18H25N2O3/c1-12-9-13(2)16(14(3)10-12)17-15(11-23-19-17)18(21)22-8-7-20(4,5)6/h9-11H,7-8H2,1-6H3/q+1. The van der Waals surface area contributed by atoms with Gasteiger partial charge in [-0.15, -0.1) is 0 Å². The van der Waals surface area contributed by atoms with E-state index in [2.05, 4.69) is 38.4 Å². The Bertz CT molecular complexity index is 688. The van der Waals surface area contributed by atoms with E-state index < -0.39 is 5.97 Å². The highest BCUT2D eigenvalue weighted by Crippen LogP contribution is 2.30. The molecular weight excluding hydrogens is 292 g/mol. The summed E-state index contributed by atoms with van der Waals surface area (Å²) in [7, 11) is 6.16. The SMILES string of the molecule is Cc1cc(C)c(-c2nocc2C(=O)OCC[N+](C)(C)C)c(C)c1. The molecule has 23 heavy (non-hydrogen) atoms. The second-order valence-electron chi connectivity index (χ2n) is 7.00. The van der Waals surface area contributed by atoms with Gasteiger partial charge in [-0.1, -0.05) is 22.9 Å². The Kier molecular flexibility index (Phi) is 4.90. The van der Waals surface area contributed by atoms with Gasteiger partial charge in [0.15, 0.2) is 0 Å². The smallest absolute Gasteiger partial charge is 0.343 e. The zero-order chi connectivity index (χ0) is 17.2. The van der Waals surface area contributed by atoms with Crippen molar-refractivity contribution < 1.29 is 18.5 Å². The number of benzene rings is 1. The van der Waals surface area contributed by atoms with Crippen molar-refractivity contribution in [3.05, 3.63) is 40.6 Å². The lowest BCUT2D eigenvalue weighted by Gasteiger charge is -2.23. The molecule has 124 valence electrons. The van der Waals surface area contributed by atoms with Gasteiger partial charge >= 0.3 is 5.97 Å². The summed E-state index contributed by atoms with van der Waals surface area (Å²) in [5.41, 5.74) is 5.17. The number of aromatic nitrogens is 1. The van der Waals surface area contributed by atoms with Crippen molar-refractivity contribution >= 4 is 5.97 Å². The van der Waals surface area contributed by atoms with Crippen molar-refractivity contribution in [3.63, 3.8) is 0 Å². The summed E-state index contributed by atoms with van der Waals surface area (Å²) >= 11 is 0. The highest BCUT2D eigenvalue weighted by atomic mass is 16.5. The van der Waals surface area contributed by atoms with Crippen molar-refractivity contribution in [2.45, 2.75) is 20.8 Å². The third kappa shape index (κ3) is 4.20. The first-order chi connectivity index (χ1) is 10.7. The Morgan fingerprint density at radius 3 is 2.35 bits per heavy atom. The van der Waals surface area contributed by atoms with E-state index in [1.54, 1.807) is 0 Å². The molecule has 2 rings (SSSR count). The van der Waals surface area contributed by atoms with Crippen LogP contribution in [0.1, 0.15) is 27.0 Å². The number of likely N-dealkylation sites (N-methyl/N-ethyl adjacent to an activating group) is 1. The topological polar surface area (TPSA) is 52.3 Å². The molecule has 0 amide bonds. The molecule has 5 nitrogen and oxygen atoms in total. The van der Waals surface area contributed by atoms with Gasteiger partial charge in [0.1, 0.15) is 30.7 Å². The first kappa shape index (κ1) is 17.2. The number of ether oxygens (including phenoxy) is 1. The van der Waals surface area contributed by atoms with Crippen LogP contribution in [-0.4, -0.2) is 49.9 Å². The van der Waals surface area contributed by atoms with Crippen LogP contribution >= 0.6 is 0 Å². The highest BCUT2D eigenvalue weighted by Gasteiger charge is 2.22. The molecule has 0 unspecified atom stereocenters. The van der Waals surface area contributed by atoms with Crippen LogP contribution in [0.2, 0.25) is 0 Å². The van der Waals surface area contributed by atoms with Crippen LogP contribution in [0.5, 0.6) is 0 Å². The lowest BCUT2D eigenvalue weighted by molar-refractivity contribution is -0.870. The number of nitrogens with zero attached hydrogens (tertiary/aromatic N) is 2. The van der Waals surface area contributed by atoms with Gasteiger partial charge in [-0.2, -0.15) is 0 Å². The number of hydrogen-bond acceptors (Lipinski definition) is 4. The molecule has 5 heteroatoms. The highest BCUT2D eigenvalue weighted by molar-refractivity contribution is 5.96. The van der Waals surface area contributed by atoms with E-state index in [4.69, 9.17) is 9.26 Å². The molecule has 0 aliphatic heterocycles. The van der Waals surface area contributed by atoms with Crippen LogP contribution in [-0.2, 0) is 4.74 Å². The van der Waals surface area contributed by atoms with Crippen molar-refractivity contribution in [2.24, 2.45) is 0 Å². The Balaban J connectivity index is 2.25. The molecule has 0 aliphatic carbocycles. The number of esters is 1. The van der Waals surface area contributed by atoms with Crippen molar-refractivity contribution in [1.29, 1.82) is 0 Å². The van der Waals surface area contributed by atoms with Gasteiger partial charge in [0.05, 0.1) is 21.1 Å². The van der Waals surface area contributed by atoms with Crippen LogP contribution < -0.4 is 0 Å². The van der Waals surface area contributed by atoms with Gasteiger partial charge in [0.2, 0.25) is 0 Å². The monoisotopic (exact) mass is 317 g/mol. The molecule has 0 atom stereocenters. The zero-order valence-corrected chi connectivity index (χ0v) is 14.8. The number of rotatable bonds is 5. The number of carbonyl (C=O) groups excluding carboxylic acids is 1. The van der Waals surface area contributed by atoms with Gasteiger partial charge in [-0.3, -0.25) is 0 Å². The molecule has 2 aromatic rings.